The van der Waals surface area contributed by atoms with E-state index in [1.807, 2.05) is 0 Å². The molecule has 3 rings (SSSR count). The van der Waals surface area contributed by atoms with Gasteiger partial charge in [0.25, 0.3) is 5.91 Å². The molecule has 1 unspecified atom stereocenters. The van der Waals surface area contributed by atoms with Gasteiger partial charge >= 0.3 is 5.91 Å². The monoisotopic (exact) mass is 376 g/mol. The van der Waals surface area contributed by atoms with Gasteiger partial charge in [-0.2, -0.15) is 0 Å². The molecule has 0 radical (unpaired) electrons. The fourth-order valence-electron chi connectivity index (χ4n) is 2.19. The summed E-state index contributed by atoms with van der Waals surface area (Å²) in [6, 6.07) is 12.1. The highest BCUT2D eigenvalue weighted by Gasteiger charge is 2.18. The number of hydrogen-bond acceptors (Lipinski definition) is 4. The minimum absolute atomic E-state index is 0.00485. The van der Waals surface area contributed by atoms with Crippen LogP contribution in [0.15, 0.2) is 52.9 Å². The topological polar surface area (TPSA) is 80.6 Å². The maximum Gasteiger partial charge on any atom is 0.305 e. The van der Waals surface area contributed by atoms with Gasteiger partial charge in [-0.1, -0.05) is 23.7 Å². The van der Waals surface area contributed by atoms with Crippen LogP contribution in [0.1, 0.15) is 17.5 Å². The second-order valence-electron chi connectivity index (χ2n) is 5.43. The molecule has 0 saturated carbocycles. The second-order valence-corrected chi connectivity index (χ2v) is 5.86. The summed E-state index contributed by atoms with van der Waals surface area (Å²) >= 11 is 5.88. The van der Waals surface area contributed by atoms with Gasteiger partial charge in [0.15, 0.2) is 23.4 Å². The van der Waals surface area contributed by atoms with Gasteiger partial charge in [-0.05, 0) is 43.3 Å². The molecule has 0 fully saturated rings. The fraction of sp³-hybridized carbons (Fsp3) is 0.111. The lowest BCUT2D eigenvalue weighted by atomic mass is 10.2. The molecule has 3 aromatic rings. The average molecular weight is 377 g/mol. The predicted molar refractivity (Wildman–Crippen MR) is 93.3 cm³/mol. The third-order valence-corrected chi connectivity index (χ3v) is 3.75. The summed E-state index contributed by atoms with van der Waals surface area (Å²) in [6.45, 7) is 1.43. The van der Waals surface area contributed by atoms with Crippen LogP contribution in [0, 0.1) is 5.82 Å². The van der Waals surface area contributed by atoms with Gasteiger partial charge < -0.3 is 9.15 Å². The van der Waals surface area contributed by atoms with Gasteiger partial charge in [-0.15, -0.1) is 0 Å². The molecule has 0 bridgehead atoms. The summed E-state index contributed by atoms with van der Waals surface area (Å²) in [5, 5.41) is 1.17. The van der Waals surface area contributed by atoms with Crippen molar-refractivity contribution in [1.29, 1.82) is 0 Å². The third-order valence-electron chi connectivity index (χ3n) is 3.51. The largest absolute Gasteiger partial charge is 0.478 e. The van der Waals surface area contributed by atoms with Gasteiger partial charge in [0, 0.05) is 10.4 Å². The maximum atomic E-state index is 13.5. The Kier molecular flexibility index (Phi) is 5.09. The van der Waals surface area contributed by atoms with Gasteiger partial charge in [0.05, 0.1) is 0 Å². The van der Waals surface area contributed by atoms with E-state index in [-0.39, 0.29) is 11.5 Å². The molecule has 0 spiro atoms. The highest BCUT2D eigenvalue weighted by atomic mass is 35.5. The smallest absolute Gasteiger partial charge is 0.305 e. The Morgan fingerprint density at radius 3 is 2.69 bits per heavy atom. The van der Waals surface area contributed by atoms with Crippen LogP contribution in [0.4, 0.5) is 4.39 Å². The van der Waals surface area contributed by atoms with Gasteiger partial charge in [-0.3, -0.25) is 20.4 Å². The molecule has 0 aliphatic carbocycles. The van der Waals surface area contributed by atoms with Crippen molar-refractivity contribution in [3.63, 3.8) is 0 Å². The van der Waals surface area contributed by atoms with Crippen molar-refractivity contribution in [2.45, 2.75) is 13.0 Å². The highest BCUT2D eigenvalue weighted by Crippen LogP contribution is 2.23. The lowest BCUT2D eigenvalue weighted by Gasteiger charge is -2.15. The zero-order valence-corrected chi connectivity index (χ0v) is 14.3. The fourth-order valence-corrected chi connectivity index (χ4v) is 2.37. The average Bonchev–Trinajstić information content (AvgIpc) is 3.04. The molecule has 134 valence electrons. The van der Waals surface area contributed by atoms with Crippen molar-refractivity contribution in [2.75, 3.05) is 0 Å². The molecule has 2 aromatic carbocycles. The lowest BCUT2D eigenvalue weighted by molar-refractivity contribution is -0.128. The molecule has 2 amide bonds. The SMILES string of the molecule is CC(Oc1ccccc1F)C(=O)NNC(=O)c1cc2cc(Cl)ccc2o1. The number of carbonyl (C=O) groups is 2. The third kappa shape index (κ3) is 3.94. The van der Waals surface area contributed by atoms with Crippen LogP contribution in [0.3, 0.4) is 0 Å². The van der Waals surface area contributed by atoms with Crippen LogP contribution < -0.4 is 15.6 Å². The minimum Gasteiger partial charge on any atom is -0.478 e. The van der Waals surface area contributed by atoms with Crippen LogP contribution in [0.5, 0.6) is 5.75 Å². The molecule has 1 atom stereocenters. The molecule has 1 aromatic heterocycles. The molecule has 8 heteroatoms. The van der Waals surface area contributed by atoms with E-state index in [4.69, 9.17) is 20.8 Å². The summed E-state index contributed by atoms with van der Waals surface area (Å²) in [4.78, 5) is 24.1. The first-order valence-corrected chi connectivity index (χ1v) is 8.02. The number of rotatable bonds is 4. The Morgan fingerprint density at radius 2 is 1.92 bits per heavy atom. The van der Waals surface area contributed by atoms with Crippen LogP contribution >= 0.6 is 11.6 Å². The number of benzene rings is 2. The summed E-state index contributed by atoms with van der Waals surface area (Å²) in [6.07, 6.45) is -1.03. The normalized spacial score (nSPS) is 11.8. The molecule has 0 saturated heterocycles. The summed E-state index contributed by atoms with van der Waals surface area (Å²) < 4.78 is 24.1. The van der Waals surface area contributed by atoms with Crippen LogP contribution in [-0.4, -0.2) is 17.9 Å². The van der Waals surface area contributed by atoms with E-state index in [2.05, 4.69) is 10.9 Å². The number of nitrogens with one attached hydrogen (secondary N) is 2. The van der Waals surface area contributed by atoms with E-state index in [9.17, 15) is 14.0 Å². The molecular weight excluding hydrogens is 363 g/mol. The molecular formula is C18H14ClFN2O4. The van der Waals surface area contributed by atoms with Crippen molar-refractivity contribution in [2.24, 2.45) is 0 Å². The minimum atomic E-state index is -1.03. The highest BCUT2D eigenvalue weighted by molar-refractivity contribution is 6.31. The van der Waals surface area contributed by atoms with Gasteiger partial charge in [-0.25, -0.2) is 4.39 Å². The van der Waals surface area contributed by atoms with Gasteiger partial charge in [0.2, 0.25) is 0 Å². The van der Waals surface area contributed by atoms with E-state index in [1.165, 1.54) is 31.2 Å². The van der Waals surface area contributed by atoms with E-state index in [1.54, 1.807) is 24.3 Å². The lowest BCUT2D eigenvalue weighted by Crippen LogP contribution is -2.47. The van der Waals surface area contributed by atoms with Crippen molar-refractivity contribution in [3.05, 3.63) is 65.1 Å². The van der Waals surface area contributed by atoms with E-state index < -0.39 is 23.7 Å². The molecule has 26 heavy (non-hydrogen) atoms. The Labute approximate surface area is 152 Å². The van der Waals surface area contributed by atoms with Crippen LogP contribution in [-0.2, 0) is 4.79 Å². The second kappa shape index (κ2) is 7.45. The van der Waals surface area contributed by atoms with Crippen LogP contribution in [0.25, 0.3) is 11.0 Å². The van der Waals surface area contributed by atoms with Crippen molar-refractivity contribution < 1.29 is 23.1 Å². The molecule has 0 aliphatic rings. The standard InChI is InChI=1S/C18H14ClFN2O4/c1-10(25-15-5-3-2-4-13(15)20)17(23)21-22-18(24)16-9-11-8-12(19)6-7-14(11)26-16/h2-10H,1H3,(H,21,23)(H,22,24). The Balaban J connectivity index is 1.59. The Morgan fingerprint density at radius 1 is 1.15 bits per heavy atom. The maximum absolute atomic E-state index is 13.5. The quantitative estimate of drug-likeness (QED) is 0.683. The number of halogens is 2. The van der Waals surface area contributed by atoms with Crippen molar-refractivity contribution in [1.82, 2.24) is 10.9 Å². The zero-order chi connectivity index (χ0) is 18.7. The van der Waals surface area contributed by atoms with Crippen LogP contribution in [0.2, 0.25) is 5.02 Å². The number of amides is 2. The van der Waals surface area contributed by atoms with E-state index in [0.717, 1.165) is 0 Å². The van der Waals surface area contributed by atoms with Gasteiger partial charge in [0.1, 0.15) is 5.58 Å². The molecule has 6 nitrogen and oxygen atoms in total. The Bertz CT molecular complexity index is 973. The summed E-state index contributed by atoms with van der Waals surface area (Å²) in [5.41, 5.74) is 4.91. The van der Waals surface area contributed by atoms with E-state index in [0.29, 0.717) is 16.0 Å². The Hall–Kier alpha value is -3.06. The number of para-hydroxylation sites is 1. The number of ether oxygens (including phenoxy) is 1. The number of fused-ring (bicyclic) bond motifs is 1. The first-order chi connectivity index (χ1) is 12.4. The summed E-state index contributed by atoms with van der Waals surface area (Å²) in [7, 11) is 0. The predicted octanol–water partition coefficient (Wildman–Crippen LogP) is 3.45. The van der Waals surface area contributed by atoms with E-state index >= 15 is 0 Å². The number of hydrazine groups is 1. The zero-order valence-electron chi connectivity index (χ0n) is 13.6. The molecule has 1 heterocycles. The van der Waals surface area contributed by atoms with Crippen molar-refractivity contribution >= 4 is 34.4 Å². The number of carbonyl (C=O) groups excluding carboxylic acids is 2. The molecule has 0 aliphatic heterocycles. The summed E-state index contributed by atoms with van der Waals surface area (Å²) in [5.74, 6) is -1.94. The van der Waals surface area contributed by atoms with Crippen molar-refractivity contribution in [3.8, 4) is 5.75 Å². The first-order valence-electron chi connectivity index (χ1n) is 7.64. The number of furan rings is 1. The first kappa shape index (κ1) is 17.8. The number of hydrogen-bond donors (Lipinski definition) is 2. The molecule has 2 N–H and O–H groups in total.